The molecule has 3 atom stereocenters. The van der Waals surface area contributed by atoms with Gasteiger partial charge in [0.2, 0.25) is 11.8 Å². The molecule has 2 amide bonds. The molecule has 0 aliphatic carbocycles. The third kappa shape index (κ3) is 3.57. The summed E-state index contributed by atoms with van der Waals surface area (Å²) in [5.41, 5.74) is -0.281. The van der Waals surface area contributed by atoms with Crippen molar-refractivity contribution in [2.24, 2.45) is 5.41 Å². The molecule has 0 radical (unpaired) electrons. The fourth-order valence-corrected chi connectivity index (χ4v) is 3.14. The van der Waals surface area contributed by atoms with E-state index in [1.807, 2.05) is 27.7 Å². The van der Waals surface area contributed by atoms with E-state index in [1.165, 1.54) is 0 Å². The van der Waals surface area contributed by atoms with Gasteiger partial charge in [0, 0.05) is 13.2 Å². The molecule has 5 nitrogen and oxygen atoms in total. The van der Waals surface area contributed by atoms with Crippen LogP contribution < -0.4 is 5.32 Å². The summed E-state index contributed by atoms with van der Waals surface area (Å²) in [6.45, 7) is 9.20. The molecule has 2 saturated heterocycles. The highest BCUT2D eigenvalue weighted by molar-refractivity contribution is 5.97. The van der Waals surface area contributed by atoms with Crippen LogP contribution in [-0.4, -0.2) is 48.1 Å². The molecule has 1 N–H and O–H groups in total. The van der Waals surface area contributed by atoms with Crippen LogP contribution in [0.2, 0.25) is 0 Å². The van der Waals surface area contributed by atoms with Crippen molar-refractivity contribution in [3.63, 3.8) is 0 Å². The number of nitrogens with one attached hydrogen (secondary N) is 1. The lowest BCUT2D eigenvalue weighted by atomic mass is 9.83. The van der Waals surface area contributed by atoms with E-state index in [0.717, 1.165) is 25.9 Å². The normalized spacial score (nSPS) is 31.2. The van der Waals surface area contributed by atoms with Gasteiger partial charge in [-0.25, -0.2) is 0 Å². The third-order valence-electron chi connectivity index (χ3n) is 4.42. The molecule has 0 aromatic rings. The maximum Gasteiger partial charge on any atom is 0.246 e. The summed E-state index contributed by atoms with van der Waals surface area (Å²) in [6.07, 6.45) is 3.91. The number of carbonyl (C=O) groups is 2. The fourth-order valence-electron chi connectivity index (χ4n) is 3.14. The van der Waals surface area contributed by atoms with Crippen LogP contribution >= 0.6 is 0 Å². The van der Waals surface area contributed by atoms with Crippen LogP contribution in [0.5, 0.6) is 0 Å². The zero-order valence-electron chi connectivity index (χ0n) is 13.6. The lowest BCUT2D eigenvalue weighted by molar-refractivity contribution is -0.155. The molecular weight excluding hydrogens is 268 g/mol. The van der Waals surface area contributed by atoms with Crippen molar-refractivity contribution in [2.75, 3.05) is 13.2 Å². The predicted octanol–water partition coefficient (Wildman–Crippen LogP) is 1.71. The van der Waals surface area contributed by atoms with E-state index in [1.54, 1.807) is 4.90 Å². The Bertz CT molecular complexity index is 397. The quantitative estimate of drug-likeness (QED) is 0.862. The summed E-state index contributed by atoms with van der Waals surface area (Å²) >= 11 is 0. The minimum atomic E-state index is -0.448. The zero-order chi connectivity index (χ0) is 15.6. The first-order valence-corrected chi connectivity index (χ1v) is 8.07. The molecule has 21 heavy (non-hydrogen) atoms. The van der Waals surface area contributed by atoms with E-state index in [9.17, 15) is 9.59 Å². The predicted molar refractivity (Wildman–Crippen MR) is 80.8 cm³/mol. The van der Waals surface area contributed by atoms with Gasteiger partial charge in [0.25, 0.3) is 0 Å². The molecule has 0 aromatic carbocycles. The number of amides is 2. The highest BCUT2D eigenvalue weighted by atomic mass is 16.5. The van der Waals surface area contributed by atoms with E-state index < -0.39 is 6.04 Å². The van der Waals surface area contributed by atoms with Gasteiger partial charge in [0.05, 0.1) is 6.10 Å². The summed E-state index contributed by atoms with van der Waals surface area (Å²) in [5.74, 6) is -0.00374. The van der Waals surface area contributed by atoms with Crippen molar-refractivity contribution in [2.45, 2.75) is 71.6 Å². The first-order valence-electron chi connectivity index (χ1n) is 8.07. The molecule has 0 aromatic heterocycles. The van der Waals surface area contributed by atoms with Gasteiger partial charge in [-0.1, -0.05) is 27.7 Å². The average molecular weight is 296 g/mol. The van der Waals surface area contributed by atoms with Gasteiger partial charge >= 0.3 is 0 Å². The smallest absolute Gasteiger partial charge is 0.246 e. The number of rotatable bonds is 3. The highest BCUT2D eigenvalue weighted by Gasteiger charge is 2.45. The van der Waals surface area contributed by atoms with Gasteiger partial charge < -0.3 is 15.0 Å². The molecule has 2 heterocycles. The van der Waals surface area contributed by atoms with Crippen LogP contribution in [0.15, 0.2) is 0 Å². The molecule has 2 aliphatic heterocycles. The Hall–Kier alpha value is -1.10. The zero-order valence-corrected chi connectivity index (χ0v) is 13.6. The first kappa shape index (κ1) is 16.3. The van der Waals surface area contributed by atoms with E-state index >= 15 is 0 Å². The summed E-state index contributed by atoms with van der Waals surface area (Å²) in [5, 5.41) is 2.90. The Balaban J connectivity index is 2.16. The van der Waals surface area contributed by atoms with Gasteiger partial charge in [0.15, 0.2) is 0 Å². The van der Waals surface area contributed by atoms with Crippen molar-refractivity contribution in [3.05, 3.63) is 0 Å². The average Bonchev–Trinajstić information content (AvgIpc) is 2.42. The third-order valence-corrected chi connectivity index (χ3v) is 4.42. The monoisotopic (exact) mass is 296 g/mol. The summed E-state index contributed by atoms with van der Waals surface area (Å²) in [6, 6.07) is -0.807. The minimum Gasteiger partial charge on any atom is -0.376 e. The molecule has 0 spiro atoms. The van der Waals surface area contributed by atoms with Crippen molar-refractivity contribution in [1.82, 2.24) is 10.2 Å². The molecular formula is C16H28N2O3. The molecule has 2 rings (SSSR count). The van der Waals surface area contributed by atoms with Crippen LogP contribution in [0.3, 0.4) is 0 Å². The topological polar surface area (TPSA) is 58.6 Å². The summed E-state index contributed by atoms with van der Waals surface area (Å²) < 4.78 is 5.75. The molecule has 5 heteroatoms. The van der Waals surface area contributed by atoms with Crippen LogP contribution in [0, 0.1) is 5.41 Å². The second-order valence-electron chi connectivity index (χ2n) is 7.21. The standard InChI is InChI=1S/C16H28N2O3/c1-5-12-14(19)17-13(16(2,3)4)15(20)18(12)10-11-8-6-7-9-21-11/h11-13H,5-10H2,1-4H3,(H,17,19). The van der Waals surface area contributed by atoms with Gasteiger partial charge in [-0.15, -0.1) is 0 Å². The summed E-state index contributed by atoms with van der Waals surface area (Å²) in [4.78, 5) is 26.9. The Morgan fingerprint density at radius 3 is 2.52 bits per heavy atom. The maximum absolute atomic E-state index is 12.8. The second kappa shape index (κ2) is 6.34. The van der Waals surface area contributed by atoms with Gasteiger partial charge in [0.1, 0.15) is 12.1 Å². The lowest BCUT2D eigenvalue weighted by Crippen LogP contribution is -2.67. The van der Waals surface area contributed by atoms with Crippen LogP contribution in [0.25, 0.3) is 0 Å². The van der Waals surface area contributed by atoms with Gasteiger partial charge in [-0.3, -0.25) is 9.59 Å². The van der Waals surface area contributed by atoms with E-state index in [0.29, 0.717) is 13.0 Å². The largest absolute Gasteiger partial charge is 0.376 e. The molecule has 3 unspecified atom stereocenters. The molecule has 0 bridgehead atoms. The molecule has 120 valence electrons. The van der Waals surface area contributed by atoms with Crippen LogP contribution in [-0.2, 0) is 14.3 Å². The van der Waals surface area contributed by atoms with E-state index in [2.05, 4.69) is 5.32 Å². The van der Waals surface area contributed by atoms with Crippen LogP contribution in [0.4, 0.5) is 0 Å². The van der Waals surface area contributed by atoms with Crippen molar-refractivity contribution in [3.8, 4) is 0 Å². The van der Waals surface area contributed by atoms with E-state index in [4.69, 9.17) is 4.74 Å². The number of ether oxygens (including phenoxy) is 1. The first-order chi connectivity index (χ1) is 9.84. The van der Waals surface area contributed by atoms with Gasteiger partial charge in [-0.05, 0) is 31.1 Å². The number of nitrogens with zero attached hydrogens (tertiary/aromatic N) is 1. The lowest BCUT2D eigenvalue weighted by Gasteiger charge is -2.44. The number of piperazine rings is 1. The SMILES string of the molecule is CCC1C(=O)NC(C(C)(C)C)C(=O)N1CC1CCCCO1. The molecule has 0 saturated carbocycles. The molecule has 2 fully saturated rings. The second-order valence-corrected chi connectivity index (χ2v) is 7.21. The Morgan fingerprint density at radius 1 is 1.29 bits per heavy atom. The minimum absolute atomic E-state index is 0.0307. The number of hydrogen-bond acceptors (Lipinski definition) is 3. The Kier molecular flexibility index (Phi) is 4.91. The van der Waals surface area contributed by atoms with E-state index in [-0.39, 0.29) is 29.4 Å². The Morgan fingerprint density at radius 2 is 2.00 bits per heavy atom. The van der Waals surface area contributed by atoms with Gasteiger partial charge in [-0.2, -0.15) is 0 Å². The van der Waals surface area contributed by atoms with Crippen molar-refractivity contribution >= 4 is 11.8 Å². The maximum atomic E-state index is 12.8. The van der Waals surface area contributed by atoms with Crippen molar-refractivity contribution in [1.29, 1.82) is 0 Å². The number of carbonyl (C=O) groups excluding carboxylic acids is 2. The number of hydrogen-bond donors (Lipinski definition) is 1. The van der Waals surface area contributed by atoms with Crippen molar-refractivity contribution < 1.29 is 14.3 Å². The fraction of sp³-hybridized carbons (Fsp3) is 0.875. The molecule has 2 aliphatic rings. The summed E-state index contributed by atoms with van der Waals surface area (Å²) in [7, 11) is 0. The van der Waals surface area contributed by atoms with Crippen LogP contribution in [0.1, 0.15) is 53.4 Å². The highest BCUT2D eigenvalue weighted by Crippen LogP contribution is 2.27. The Labute approximate surface area is 127 Å².